The Morgan fingerprint density at radius 2 is 1.88 bits per heavy atom. The highest BCUT2D eigenvalue weighted by atomic mass is 35.5. The van der Waals surface area contributed by atoms with Crippen molar-refractivity contribution in [2.24, 2.45) is 0 Å². The number of rotatable bonds is 5. The van der Waals surface area contributed by atoms with E-state index >= 15 is 0 Å². The molecule has 0 saturated carbocycles. The minimum absolute atomic E-state index is 0.0823. The summed E-state index contributed by atoms with van der Waals surface area (Å²) in [5, 5.41) is 7.56. The monoisotopic (exact) mass is 342 g/mol. The van der Waals surface area contributed by atoms with Gasteiger partial charge in [0.25, 0.3) is 5.91 Å². The van der Waals surface area contributed by atoms with Crippen LogP contribution in [0.15, 0.2) is 54.9 Å². The summed E-state index contributed by atoms with van der Waals surface area (Å²) in [6.45, 7) is 2.51. The predicted molar refractivity (Wildman–Crippen MR) is 91.9 cm³/mol. The Hall–Kier alpha value is -2.86. The summed E-state index contributed by atoms with van der Waals surface area (Å²) < 4.78 is 6.88. The Labute approximate surface area is 144 Å². The van der Waals surface area contributed by atoms with Crippen LogP contribution in [0, 0.1) is 0 Å². The van der Waals surface area contributed by atoms with E-state index in [1.165, 1.54) is 11.0 Å². The number of hydrogen-bond donors (Lipinski definition) is 1. The van der Waals surface area contributed by atoms with Crippen LogP contribution in [0.4, 0.5) is 5.69 Å². The molecule has 0 atom stereocenters. The maximum Gasteiger partial charge on any atom is 0.295 e. The molecular weight excluding hydrogens is 328 g/mol. The molecule has 0 radical (unpaired) electrons. The molecule has 3 rings (SSSR count). The van der Waals surface area contributed by atoms with Gasteiger partial charge in [0.05, 0.1) is 12.3 Å². The molecule has 0 bridgehead atoms. The summed E-state index contributed by atoms with van der Waals surface area (Å²) in [4.78, 5) is 16.3. The molecule has 7 heteroatoms. The highest BCUT2D eigenvalue weighted by Crippen LogP contribution is 2.16. The van der Waals surface area contributed by atoms with E-state index < -0.39 is 0 Å². The third-order valence-corrected chi connectivity index (χ3v) is 3.46. The van der Waals surface area contributed by atoms with Gasteiger partial charge >= 0.3 is 0 Å². The van der Waals surface area contributed by atoms with Crippen LogP contribution in [-0.2, 0) is 0 Å². The molecule has 3 aromatic rings. The summed E-state index contributed by atoms with van der Waals surface area (Å²) in [7, 11) is 0. The molecule has 0 aliphatic heterocycles. The van der Waals surface area contributed by atoms with Crippen molar-refractivity contribution in [2.75, 3.05) is 11.9 Å². The topological polar surface area (TPSA) is 69.0 Å². The molecule has 6 nitrogen and oxygen atoms in total. The Kier molecular flexibility index (Phi) is 4.77. The number of nitrogens with zero attached hydrogens (tertiary/aromatic N) is 3. The zero-order valence-electron chi connectivity index (χ0n) is 12.9. The number of amides is 1. The molecule has 1 heterocycles. The van der Waals surface area contributed by atoms with Crippen LogP contribution in [0.3, 0.4) is 0 Å². The molecule has 122 valence electrons. The van der Waals surface area contributed by atoms with Gasteiger partial charge in [0.1, 0.15) is 12.1 Å². The second-order valence-corrected chi connectivity index (χ2v) is 5.34. The number of carbonyl (C=O) groups excluding carboxylic acids is 1. The smallest absolute Gasteiger partial charge is 0.295 e. The van der Waals surface area contributed by atoms with E-state index in [1.54, 1.807) is 48.5 Å². The maximum absolute atomic E-state index is 12.2. The van der Waals surface area contributed by atoms with Crippen LogP contribution in [0.2, 0.25) is 5.02 Å². The minimum atomic E-state index is -0.383. The second-order valence-electron chi connectivity index (χ2n) is 4.90. The summed E-state index contributed by atoms with van der Waals surface area (Å²) in [6, 6.07) is 14.2. The largest absolute Gasteiger partial charge is 0.494 e. The van der Waals surface area contributed by atoms with E-state index in [9.17, 15) is 4.79 Å². The van der Waals surface area contributed by atoms with Crippen molar-refractivity contribution in [1.29, 1.82) is 0 Å². The molecule has 2 aromatic carbocycles. The van der Waals surface area contributed by atoms with Crippen LogP contribution in [0.5, 0.6) is 5.75 Å². The molecule has 0 spiro atoms. The Morgan fingerprint density at radius 3 is 2.54 bits per heavy atom. The van der Waals surface area contributed by atoms with Crippen LogP contribution in [0.25, 0.3) is 5.69 Å². The number of ether oxygens (including phenoxy) is 1. The molecule has 0 aliphatic carbocycles. The van der Waals surface area contributed by atoms with E-state index in [1.807, 2.05) is 6.92 Å². The average molecular weight is 343 g/mol. The van der Waals surface area contributed by atoms with Crippen LogP contribution in [0.1, 0.15) is 17.5 Å². The number of nitrogens with one attached hydrogen (secondary N) is 1. The van der Waals surface area contributed by atoms with Gasteiger partial charge in [-0.15, -0.1) is 5.10 Å². The number of anilines is 1. The van der Waals surface area contributed by atoms with Gasteiger partial charge in [-0.25, -0.2) is 9.67 Å². The second kappa shape index (κ2) is 7.14. The Balaban J connectivity index is 1.70. The van der Waals surface area contributed by atoms with Gasteiger partial charge in [-0.2, -0.15) is 0 Å². The number of carbonyl (C=O) groups is 1. The first kappa shape index (κ1) is 16.0. The summed E-state index contributed by atoms with van der Waals surface area (Å²) in [5.41, 5.74) is 1.42. The van der Waals surface area contributed by atoms with Crippen molar-refractivity contribution in [1.82, 2.24) is 14.8 Å². The van der Waals surface area contributed by atoms with Gasteiger partial charge in [-0.3, -0.25) is 4.79 Å². The molecule has 0 unspecified atom stereocenters. The number of hydrogen-bond acceptors (Lipinski definition) is 4. The first-order valence-corrected chi connectivity index (χ1v) is 7.75. The average Bonchev–Trinajstić information content (AvgIpc) is 3.08. The fraction of sp³-hybridized carbons (Fsp3) is 0.118. The third kappa shape index (κ3) is 3.72. The first-order chi connectivity index (χ1) is 11.7. The molecule has 1 amide bonds. The molecule has 0 aliphatic rings. The number of benzene rings is 2. The SMILES string of the molecule is CCOc1ccc(NC(=O)c2ncn(-c3ccc(Cl)cc3)n2)cc1. The number of aromatic nitrogens is 3. The lowest BCUT2D eigenvalue weighted by Gasteiger charge is -2.05. The molecule has 0 fully saturated rings. The molecule has 1 aromatic heterocycles. The lowest BCUT2D eigenvalue weighted by molar-refractivity contribution is 0.101. The summed E-state index contributed by atoms with van der Waals surface area (Å²) >= 11 is 5.86. The predicted octanol–water partition coefficient (Wildman–Crippen LogP) is 3.57. The van der Waals surface area contributed by atoms with Crippen molar-refractivity contribution in [3.8, 4) is 11.4 Å². The van der Waals surface area contributed by atoms with E-state index in [0.717, 1.165) is 11.4 Å². The van der Waals surface area contributed by atoms with Gasteiger partial charge in [0.15, 0.2) is 0 Å². The molecular formula is C17H15ClN4O2. The van der Waals surface area contributed by atoms with Gasteiger partial charge in [0, 0.05) is 10.7 Å². The molecule has 1 N–H and O–H groups in total. The normalized spacial score (nSPS) is 10.4. The Morgan fingerprint density at radius 1 is 1.17 bits per heavy atom. The van der Waals surface area contributed by atoms with E-state index in [4.69, 9.17) is 16.3 Å². The van der Waals surface area contributed by atoms with Crippen molar-refractivity contribution in [3.05, 3.63) is 65.7 Å². The van der Waals surface area contributed by atoms with Crippen molar-refractivity contribution in [3.63, 3.8) is 0 Å². The highest BCUT2D eigenvalue weighted by molar-refractivity contribution is 6.30. The maximum atomic E-state index is 12.2. The fourth-order valence-corrected chi connectivity index (χ4v) is 2.20. The van der Waals surface area contributed by atoms with E-state index in [2.05, 4.69) is 15.4 Å². The van der Waals surface area contributed by atoms with Gasteiger partial charge in [0.2, 0.25) is 5.82 Å². The first-order valence-electron chi connectivity index (χ1n) is 7.37. The van der Waals surface area contributed by atoms with Crippen LogP contribution < -0.4 is 10.1 Å². The lowest BCUT2D eigenvalue weighted by atomic mass is 10.3. The minimum Gasteiger partial charge on any atom is -0.494 e. The van der Waals surface area contributed by atoms with Gasteiger partial charge in [-0.05, 0) is 55.5 Å². The van der Waals surface area contributed by atoms with Crippen molar-refractivity contribution >= 4 is 23.2 Å². The van der Waals surface area contributed by atoms with Crippen LogP contribution in [-0.4, -0.2) is 27.3 Å². The lowest BCUT2D eigenvalue weighted by Crippen LogP contribution is -2.14. The van der Waals surface area contributed by atoms with Gasteiger partial charge < -0.3 is 10.1 Å². The highest BCUT2D eigenvalue weighted by Gasteiger charge is 2.12. The van der Waals surface area contributed by atoms with E-state index in [-0.39, 0.29) is 11.7 Å². The number of halogens is 1. The van der Waals surface area contributed by atoms with Crippen molar-refractivity contribution < 1.29 is 9.53 Å². The zero-order valence-corrected chi connectivity index (χ0v) is 13.7. The van der Waals surface area contributed by atoms with Crippen LogP contribution >= 0.6 is 11.6 Å². The van der Waals surface area contributed by atoms with Gasteiger partial charge in [-0.1, -0.05) is 11.6 Å². The Bertz CT molecular complexity index is 829. The molecule has 24 heavy (non-hydrogen) atoms. The summed E-state index contributed by atoms with van der Waals surface area (Å²) in [6.07, 6.45) is 1.48. The van der Waals surface area contributed by atoms with Crippen molar-refractivity contribution in [2.45, 2.75) is 6.92 Å². The fourth-order valence-electron chi connectivity index (χ4n) is 2.07. The standard InChI is InChI=1S/C17H15ClN4O2/c1-2-24-15-9-5-13(6-10-15)20-17(23)16-19-11-22(21-16)14-7-3-12(18)4-8-14/h3-11H,2H2,1H3,(H,20,23). The summed E-state index contributed by atoms with van der Waals surface area (Å²) in [5.74, 6) is 0.450. The third-order valence-electron chi connectivity index (χ3n) is 3.21. The zero-order chi connectivity index (χ0) is 16.9. The van der Waals surface area contributed by atoms with E-state index in [0.29, 0.717) is 17.3 Å². The molecule has 0 saturated heterocycles. The quantitative estimate of drug-likeness (QED) is 0.769.